The summed E-state index contributed by atoms with van der Waals surface area (Å²) in [6.45, 7) is 12.0. The molecule has 0 aromatic carbocycles. The number of carboxylic acids is 1. The molecule has 1 atom stereocenters. The molecule has 0 amide bonds. The van der Waals surface area contributed by atoms with Crippen LogP contribution in [0.2, 0.25) is 0 Å². The molecule has 0 spiro atoms. The molecule has 3 nitrogen and oxygen atoms in total. The lowest BCUT2D eigenvalue weighted by Gasteiger charge is -2.43. The molecule has 0 aliphatic heterocycles. The summed E-state index contributed by atoms with van der Waals surface area (Å²) in [7, 11) is 0. The summed E-state index contributed by atoms with van der Waals surface area (Å²) in [6.07, 6.45) is 15.6. The van der Waals surface area contributed by atoms with Crippen LogP contribution in [0.15, 0.2) is 0 Å². The highest BCUT2D eigenvalue weighted by Gasteiger charge is 2.39. The van der Waals surface area contributed by atoms with E-state index in [9.17, 15) is 9.90 Å². The van der Waals surface area contributed by atoms with Crippen molar-refractivity contribution < 1.29 is 14.4 Å². The van der Waals surface area contributed by atoms with Gasteiger partial charge in [0.25, 0.3) is 0 Å². The van der Waals surface area contributed by atoms with Crippen molar-refractivity contribution in [2.75, 3.05) is 19.6 Å². The second-order valence-electron chi connectivity index (χ2n) is 7.83. The molecule has 0 bridgehead atoms. The van der Waals surface area contributed by atoms with E-state index in [0.29, 0.717) is 0 Å². The number of hydrogen-bond acceptors (Lipinski definition) is 1. The molecule has 150 valence electrons. The van der Waals surface area contributed by atoms with Crippen LogP contribution in [0.5, 0.6) is 0 Å². The van der Waals surface area contributed by atoms with Crippen molar-refractivity contribution in [1.82, 2.24) is 0 Å². The van der Waals surface area contributed by atoms with Crippen LogP contribution in [0.1, 0.15) is 111 Å². The van der Waals surface area contributed by atoms with E-state index in [1.807, 2.05) is 0 Å². The summed E-state index contributed by atoms with van der Waals surface area (Å²) in [5, 5.41) is 9.90. The summed E-state index contributed by atoms with van der Waals surface area (Å²) in [4.78, 5) is 12.0. The fourth-order valence-electron chi connectivity index (χ4n) is 4.16. The molecule has 0 aromatic rings. The maximum atomic E-state index is 12.0. The normalized spacial score (nSPS) is 13.1. The number of hydrogen-bond donors (Lipinski definition) is 1. The molecule has 0 saturated heterocycles. The molecule has 3 heteroatoms. The SMILES string of the molecule is CCCCCC[N+](CCCCCC)(CCCCCC)C(CC)C(=O)O. The Morgan fingerprint density at radius 1 is 0.680 bits per heavy atom. The van der Waals surface area contributed by atoms with Crippen LogP contribution in [0.25, 0.3) is 0 Å². The molecule has 1 unspecified atom stereocenters. The van der Waals surface area contributed by atoms with Crippen LogP contribution in [0.3, 0.4) is 0 Å². The van der Waals surface area contributed by atoms with Gasteiger partial charge in [-0.2, -0.15) is 0 Å². The molecule has 25 heavy (non-hydrogen) atoms. The Morgan fingerprint density at radius 2 is 1.04 bits per heavy atom. The zero-order valence-electron chi connectivity index (χ0n) is 17.7. The third-order valence-electron chi connectivity index (χ3n) is 5.70. The molecule has 0 aliphatic carbocycles. The van der Waals surface area contributed by atoms with Crippen molar-refractivity contribution in [3.8, 4) is 0 Å². The third-order valence-corrected chi connectivity index (χ3v) is 5.70. The number of unbranched alkanes of at least 4 members (excludes halogenated alkanes) is 9. The Kier molecular flexibility index (Phi) is 15.3. The molecule has 0 saturated carbocycles. The first-order valence-electron chi connectivity index (χ1n) is 11.2. The van der Waals surface area contributed by atoms with Gasteiger partial charge in [0.15, 0.2) is 6.04 Å². The monoisotopic (exact) mass is 356 g/mol. The van der Waals surface area contributed by atoms with E-state index in [-0.39, 0.29) is 6.04 Å². The maximum absolute atomic E-state index is 12.0. The topological polar surface area (TPSA) is 37.3 Å². The van der Waals surface area contributed by atoms with Gasteiger partial charge in [0.2, 0.25) is 0 Å². The maximum Gasteiger partial charge on any atom is 0.362 e. The summed E-state index contributed by atoms with van der Waals surface area (Å²) < 4.78 is 0.836. The van der Waals surface area contributed by atoms with E-state index in [2.05, 4.69) is 27.7 Å². The molecule has 0 rings (SSSR count). The molecule has 0 fully saturated rings. The van der Waals surface area contributed by atoms with Gasteiger partial charge in [-0.15, -0.1) is 0 Å². The Balaban J connectivity index is 5.08. The summed E-state index contributed by atoms with van der Waals surface area (Å²) >= 11 is 0. The minimum absolute atomic E-state index is 0.218. The zero-order valence-corrected chi connectivity index (χ0v) is 17.7. The van der Waals surface area contributed by atoms with E-state index in [0.717, 1.165) is 30.5 Å². The minimum atomic E-state index is -0.580. The highest BCUT2D eigenvalue weighted by atomic mass is 16.4. The van der Waals surface area contributed by atoms with Crippen LogP contribution in [-0.2, 0) is 4.79 Å². The molecule has 0 aromatic heterocycles. The molecule has 0 radical (unpaired) electrons. The summed E-state index contributed by atoms with van der Waals surface area (Å²) in [6, 6.07) is -0.218. The van der Waals surface area contributed by atoms with E-state index in [4.69, 9.17) is 0 Å². The molecular weight excluding hydrogens is 310 g/mol. The first kappa shape index (κ1) is 24.4. The fraction of sp³-hybridized carbons (Fsp3) is 0.955. The predicted octanol–water partition coefficient (Wildman–Crippen LogP) is 6.41. The number of nitrogens with zero attached hydrogens (tertiary/aromatic N) is 1. The van der Waals surface area contributed by atoms with E-state index in [1.165, 1.54) is 77.0 Å². The van der Waals surface area contributed by atoms with Gasteiger partial charge in [0.1, 0.15) is 0 Å². The highest BCUT2D eigenvalue weighted by molar-refractivity contribution is 5.72. The average molecular weight is 357 g/mol. The van der Waals surface area contributed by atoms with Crippen molar-refractivity contribution in [3.63, 3.8) is 0 Å². The predicted molar refractivity (Wildman–Crippen MR) is 109 cm³/mol. The van der Waals surface area contributed by atoms with Crippen LogP contribution < -0.4 is 0 Å². The zero-order chi connectivity index (χ0) is 19.0. The lowest BCUT2D eigenvalue weighted by atomic mass is 10.0. The molecular formula is C22H46NO2+. The number of rotatable bonds is 18. The highest BCUT2D eigenvalue weighted by Crippen LogP contribution is 2.24. The van der Waals surface area contributed by atoms with Crippen LogP contribution in [-0.4, -0.2) is 41.2 Å². The van der Waals surface area contributed by atoms with Crippen molar-refractivity contribution in [1.29, 1.82) is 0 Å². The molecule has 0 aliphatic rings. The number of quaternary nitrogens is 1. The van der Waals surface area contributed by atoms with Gasteiger partial charge in [-0.25, -0.2) is 4.79 Å². The van der Waals surface area contributed by atoms with E-state index in [1.54, 1.807) is 0 Å². The standard InChI is InChI=1S/C22H45NO2/c1-5-9-12-15-18-23(19-16-13-10-6-2,20-17-14-11-7-3)21(8-4)22(24)25/h21H,5-20H2,1-4H3/p+1. The van der Waals surface area contributed by atoms with Gasteiger partial charge in [0.05, 0.1) is 19.6 Å². The third kappa shape index (κ3) is 10.2. The first-order valence-corrected chi connectivity index (χ1v) is 11.2. The minimum Gasteiger partial charge on any atom is -0.477 e. The van der Waals surface area contributed by atoms with Crippen molar-refractivity contribution in [2.45, 2.75) is 117 Å². The van der Waals surface area contributed by atoms with Gasteiger partial charge in [-0.1, -0.05) is 66.2 Å². The van der Waals surface area contributed by atoms with Crippen molar-refractivity contribution in [2.24, 2.45) is 0 Å². The quantitative estimate of drug-likeness (QED) is 0.228. The number of aliphatic carboxylic acids is 1. The van der Waals surface area contributed by atoms with E-state index < -0.39 is 5.97 Å². The fourth-order valence-corrected chi connectivity index (χ4v) is 4.16. The van der Waals surface area contributed by atoms with Gasteiger partial charge in [0, 0.05) is 6.42 Å². The van der Waals surface area contributed by atoms with Crippen molar-refractivity contribution >= 4 is 5.97 Å². The Hall–Kier alpha value is -0.570. The summed E-state index contributed by atoms with van der Waals surface area (Å²) in [5.41, 5.74) is 0. The van der Waals surface area contributed by atoms with E-state index >= 15 is 0 Å². The first-order chi connectivity index (χ1) is 12.1. The van der Waals surface area contributed by atoms with Gasteiger partial charge < -0.3 is 9.59 Å². The molecule has 1 N–H and O–H groups in total. The largest absolute Gasteiger partial charge is 0.477 e. The smallest absolute Gasteiger partial charge is 0.362 e. The van der Waals surface area contributed by atoms with Crippen LogP contribution >= 0.6 is 0 Å². The number of carboxylic acid groups (broad SMARTS) is 1. The Morgan fingerprint density at radius 3 is 1.28 bits per heavy atom. The van der Waals surface area contributed by atoms with Crippen LogP contribution in [0, 0.1) is 0 Å². The molecule has 0 heterocycles. The lowest BCUT2D eigenvalue weighted by Crippen LogP contribution is -2.60. The Labute approximate surface area is 157 Å². The van der Waals surface area contributed by atoms with Gasteiger partial charge in [-0.05, 0) is 38.5 Å². The average Bonchev–Trinajstić information content (AvgIpc) is 2.59. The second kappa shape index (κ2) is 15.7. The summed E-state index contributed by atoms with van der Waals surface area (Å²) in [5.74, 6) is -0.580. The van der Waals surface area contributed by atoms with Crippen LogP contribution in [0.4, 0.5) is 0 Å². The Bertz CT molecular complexity index is 286. The number of carbonyl (C=O) groups is 1. The van der Waals surface area contributed by atoms with Crippen molar-refractivity contribution in [3.05, 3.63) is 0 Å². The van der Waals surface area contributed by atoms with Gasteiger partial charge in [-0.3, -0.25) is 0 Å². The van der Waals surface area contributed by atoms with Gasteiger partial charge >= 0.3 is 5.97 Å². The lowest BCUT2D eigenvalue weighted by molar-refractivity contribution is -0.944. The second-order valence-corrected chi connectivity index (χ2v) is 7.83.